The Morgan fingerprint density at radius 3 is 2.55 bits per heavy atom. The average Bonchev–Trinajstić information content (AvgIpc) is 3.33. The van der Waals surface area contributed by atoms with E-state index in [0.717, 1.165) is 11.1 Å². The Balaban J connectivity index is 1.55. The van der Waals surface area contributed by atoms with Crippen molar-refractivity contribution in [3.63, 3.8) is 0 Å². The molecule has 5 atom stereocenters. The lowest BCUT2D eigenvalue weighted by Gasteiger charge is -2.30. The van der Waals surface area contributed by atoms with E-state index in [1.807, 2.05) is 55.5 Å². The molecule has 0 radical (unpaired) electrons. The van der Waals surface area contributed by atoms with Gasteiger partial charge in [-0.25, -0.2) is 0 Å². The highest BCUT2D eigenvalue weighted by Crippen LogP contribution is 2.53. The molecule has 7 heteroatoms. The summed E-state index contributed by atoms with van der Waals surface area (Å²) in [5.74, 6) is -2.71. The third-order valence-electron chi connectivity index (χ3n) is 6.88. The van der Waals surface area contributed by atoms with Crippen LogP contribution >= 0.6 is 0 Å². The minimum atomic E-state index is -1.36. The maximum absolute atomic E-state index is 13.6. The molecule has 160 valence electrons. The molecule has 3 heterocycles. The smallest absolute Gasteiger partial charge is 0.250 e. The molecular formula is C24H25N3O4. The fourth-order valence-electron chi connectivity index (χ4n) is 5.43. The summed E-state index contributed by atoms with van der Waals surface area (Å²) < 4.78 is 0. The van der Waals surface area contributed by atoms with Gasteiger partial charge in [0.1, 0.15) is 5.54 Å². The van der Waals surface area contributed by atoms with Gasteiger partial charge in [-0.05, 0) is 31.9 Å². The zero-order chi connectivity index (χ0) is 21.9. The molecule has 2 aromatic carbocycles. The predicted octanol–water partition coefficient (Wildman–Crippen LogP) is 1.34. The Bertz CT molecular complexity index is 1080. The lowest BCUT2D eigenvalue weighted by atomic mass is 9.76. The van der Waals surface area contributed by atoms with Gasteiger partial charge in [0, 0.05) is 23.8 Å². The fourth-order valence-corrected chi connectivity index (χ4v) is 5.43. The summed E-state index contributed by atoms with van der Waals surface area (Å²) in [5, 5.41) is 16.6. The van der Waals surface area contributed by atoms with Crippen molar-refractivity contribution in [2.75, 3.05) is 11.9 Å². The summed E-state index contributed by atoms with van der Waals surface area (Å²) in [6.45, 7) is 3.75. The van der Waals surface area contributed by atoms with Crippen molar-refractivity contribution >= 4 is 23.4 Å². The van der Waals surface area contributed by atoms with Crippen LogP contribution < -0.4 is 10.6 Å². The van der Waals surface area contributed by atoms with E-state index in [1.165, 1.54) is 4.90 Å². The highest BCUT2D eigenvalue weighted by molar-refractivity contribution is 6.15. The van der Waals surface area contributed by atoms with E-state index in [-0.39, 0.29) is 24.3 Å². The number of fused-ring (bicyclic) bond motifs is 4. The van der Waals surface area contributed by atoms with Gasteiger partial charge in [-0.1, -0.05) is 48.0 Å². The maximum Gasteiger partial charge on any atom is 0.250 e. The average molecular weight is 419 g/mol. The van der Waals surface area contributed by atoms with Crippen LogP contribution in [-0.4, -0.2) is 46.4 Å². The van der Waals surface area contributed by atoms with Crippen molar-refractivity contribution < 1.29 is 19.5 Å². The van der Waals surface area contributed by atoms with E-state index in [0.29, 0.717) is 17.7 Å². The zero-order valence-corrected chi connectivity index (χ0v) is 17.5. The molecule has 1 spiro atoms. The number of aliphatic hydroxyl groups is 1. The SMILES string of the molecule is Cc1ccc2c(c1)[C@]1(N[C@@H]([C@H](C)O)[C@H]3C(=O)N(CCc4ccccc4)C(=O)[C@H]31)C(=O)N2. The number of imide groups is 1. The summed E-state index contributed by atoms with van der Waals surface area (Å²) in [4.78, 5) is 41.5. The Morgan fingerprint density at radius 1 is 1.10 bits per heavy atom. The Hall–Kier alpha value is -3.03. The van der Waals surface area contributed by atoms with Crippen LogP contribution in [-0.2, 0) is 26.3 Å². The van der Waals surface area contributed by atoms with Crippen LogP contribution in [0.1, 0.15) is 23.6 Å². The van der Waals surface area contributed by atoms with Crippen LogP contribution in [0.5, 0.6) is 0 Å². The summed E-state index contributed by atoms with van der Waals surface area (Å²) in [6.07, 6.45) is -0.362. The number of carbonyl (C=O) groups excluding carboxylic acids is 3. The lowest BCUT2D eigenvalue weighted by Crippen LogP contribution is -2.55. The van der Waals surface area contributed by atoms with Crippen molar-refractivity contribution in [3.05, 3.63) is 65.2 Å². The van der Waals surface area contributed by atoms with Gasteiger partial charge < -0.3 is 10.4 Å². The number of nitrogens with one attached hydrogen (secondary N) is 2. The number of aliphatic hydroxyl groups excluding tert-OH is 1. The minimum Gasteiger partial charge on any atom is -0.392 e. The number of likely N-dealkylation sites (tertiary alicyclic amines) is 1. The first kappa shape index (κ1) is 19.9. The van der Waals surface area contributed by atoms with Crippen LogP contribution in [0, 0.1) is 18.8 Å². The van der Waals surface area contributed by atoms with E-state index in [4.69, 9.17) is 0 Å². The number of amides is 3. The molecule has 3 amide bonds. The second-order valence-electron chi connectivity index (χ2n) is 8.79. The first-order chi connectivity index (χ1) is 14.8. The predicted molar refractivity (Wildman–Crippen MR) is 114 cm³/mol. The molecule has 0 saturated carbocycles. The first-order valence-corrected chi connectivity index (χ1v) is 10.6. The molecule has 7 nitrogen and oxygen atoms in total. The molecule has 3 N–H and O–H groups in total. The molecule has 0 bridgehead atoms. The number of anilines is 1. The molecule has 3 aliphatic heterocycles. The molecule has 0 aromatic heterocycles. The van der Waals surface area contributed by atoms with E-state index < -0.39 is 29.5 Å². The minimum absolute atomic E-state index is 0.250. The van der Waals surface area contributed by atoms with Crippen LogP contribution in [0.4, 0.5) is 5.69 Å². The topological polar surface area (TPSA) is 98.7 Å². The summed E-state index contributed by atoms with van der Waals surface area (Å²) in [7, 11) is 0. The number of aryl methyl sites for hydroxylation is 1. The molecule has 0 unspecified atom stereocenters. The fraction of sp³-hybridized carbons (Fsp3) is 0.375. The van der Waals surface area contributed by atoms with Crippen molar-refractivity contribution in [2.45, 2.75) is 38.0 Å². The molecule has 2 saturated heterocycles. The standard InChI is InChI=1S/C24H25N3O4/c1-13-8-9-17-16(12-13)24(23(31)25-17)19-18(20(26-24)14(2)28)21(29)27(22(19)30)11-10-15-6-4-3-5-7-15/h3-9,12,14,18-20,26,28H,10-11H2,1-2H3,(H,25,31)/t14-,18-,19-,20-,24+/m0/s1. The van der Waals surface area contributed by atoms with Crippen LogP contribution in [0.3, 0.4) is 0 Å². The van der Waals surface area contributed by atoms with Crippen molar-refractivity contribution in [3.8, 4) is 0 Å². The highest BCUT2D eigenvalue weighted by atomic mass is 16.3. The number of rotatable bonds is 4. The largest absolute Gasteiger partial charge is 0.392 e. The second kappa shape index (κ2) is 7.00. The normalized spacial score (nSPS) is 30.0. The quantitative estimate of drug-likeness (QED) is 0.650. The number of carbonyl (C=O) groups is 3. The molecule has 2 fully saturated rings. The third kappa shape index (κ3) is 2.77. The van der Waals surface area contributed by atoms with Gasteiger partial charge in [-0.3, -0.25) is 24.6 Å². The lowest BCUT2D eigenvalue weighted by molar-refractivity contribution is -0.143. The molecule has 5 rings (SSSR count). The summed E-state index contributed by atoms with van der Waals surface area (Å²) in [6, 6.07) is 14.6. The van der Waals surface area contributed by atoms with Gasteiger partial charge in [0.25, 0.3) is 0 Å². The third-order valence-corrected chi connectivity index (χ3v) is 6.88. The summed E-state index contributed by atoms with van der Waals surface area (Å²) in [5.41, 5.74) is 1.92. The van der Waals surface area contributed by atoms with Gasteiger partial charge in [0.15, 0.2) is 0 Å². The van der Waals surface area contributed by atoms with Gasteiger partial charge in [0.05, 0.1) is 17.9 Å². The van der Waals surface area contributed by atoms with Crippen LogP contribution in [0.25, 0.3) is 0 Å². The monoisotopic (exact) mass is 419 g/mol. The van der Waals surface area contributed by atoms with Gasteiger partial charge in [-0.15, -0.1) is 0 Å². The summed E-state index contributed by atoms with van der Waals surface area (Å²) >= 11 is 0. The number of benzene rings is 2. The number of hydrogen-bond donors (Lipinski definition) is 3. The maximum atomic E-state index is 13.6. The Labute approximate surface area is 180 Å². The van der Waals surface area contributed by atoms with E-state index in [2.05, 4.69) is 10.6 Å². The van der Waals surface area contributed by atoms with Gasteiger partial charge in [0.2, 0.25) is 17.7 Å². The molecule has 0 aliphatic carbocycles. The molecule has 31 heavy (non-hydrogen) atoms. The van der Waals surface area contributed by atoms with E-state index in [9.17, 15) is 19.5 Å². The highest BCUT2D eigenvalue weighted by Gasteiger charge is 2.70. The van der Waals surface area contributed by atoms with Crippen molar-refractivity contribution in [1.29, 1.82) is 0 Å². The zero-order valence-electron chi connectivity index (χ0n) is 17.5. The molecule has 2 aromatic rings. The van der Waals surface area contributed by atoms with E-state index >= 15 is 0 Å². The van der Waals surface area contributed by atoms with Crippen LogP contribution in [0.15, 0.2) is 48.5 Å². The molecular weight excluding hydrogens is 394 g/mol. The van der Waals surface area contributed by atoms with Crippen molar-refractivity contribution in [2.24, 2.45) is 11.8 Å². The Kier molecular flexibility index (Phi) is 4.50. The van der Waals surface area contributed by atoms with Crippen molar-refractivity contribution in [1.82, 2.24) is 10.2 Å². The Morgan fingerprint density at radius 2 is 1.84 bits per heavy atom. The number of nitrogens with zero attached hydrogens (tertiary/aromatic N) is 1. The van der Waals surface area contributed by atoms with Gasteiger partial charge >= 0.3 is 0 Å². The number of hydrogen-bond acceptors (Lipinski definition) is 5. The second-order valence-corrected chi connectivity index (χ2v) is 8.79. The van der Waals surface area contributed by atoms with Crippen LogP contribution in [0.2, 0.25) is 0 Å². The van der Waals surface area contributed by atoms with Gasteiger partial charge in [-0.2, -0.15) is 0 Å². The molecule has 3 aliphatic rings. The van der Waals surface area contributed by atoms with E-state index in [1.54, 1.807) is 6.92 Å². The first-order valence-electron chi connectivity index (χ1n) is 10.6.